The summed E-state index contributed by atoms with van der Waals surface area (Å²) in [6, 6.07) is 7.79. The maximum atomic E-state index is 12.2. The molecule has 0 aliphatic carbocycles. The standard InChI is InChI=1S/C18H23ClN2OS/c1-12(2)17(14-4-6-15(19)7-5-14)10-18(22)20-9-8-16-11-23-13(3)21-16/h4-7,11-12,17H,8-10H2,1-3H3,(H,20,22). The second kappa shape index (κ2) is 8.46. The van der Waals surface area contributed by atoms with Crippen molar-refractivity contribution in [2.75, 3.05) is 6.54 Å². The van der Waals surface area contributed by atoms with Crippen LogP contribution < -0.4 is 5.32 Å². The zero-order chi connectivity index (χ0) is 16.8. The Hall–Kier alpha value is -1.39. The third-order valence-electron chi connectivity index (χ3n) is 3.88. The van der Waals surface area contributed by atoms with E-state index in [-0.39, 0.29) is 11.8 Å². The summed E-state index contributed by atoms with van der Waals surface area (Å²) >= 11 is 7.59. The maximum Gasteiger partial charge on any atom is 0.220 e. The van der Waals surface area contributed by atoms with Gasteiger partial charge in [-0.15, -0.1) is 11.3 Å². The molecular weight excluding hydrogens is 328 g/mol. The van der Waals surface area contributed by atoms with E-state index >= 15 is 0 Å². The minimum atomic E-state index is 0.0885. The van der Waals surface area contributed by atoms with Crippen molar-refractivity contribution >= 4 is 28.8 Å². The van der Waals surface area contributed by atoms with Gasteiger partial charge in [0.15, 0.2) is 0 Å². The Morgan fingerprint density at radius 2 is 2.00 bits per heavy atom. The molecule has 0 aliphatic rings. The molecule has 3 nitrogen and oxygen atoms in total. The van der Waals surface area contributed by atoms with E-state index in [0.29, 0.717) is 18.9 Å². The fourth-order valence-corrected chi connectivity index (χ4v) is 3.35. The number of amides is 1. The Kier molecular flexibility index (Phi) is 6.60. The Morgan fingerprint density at radius 3 is 2.57 bits per heavy atom. The minimum Gasteiger partial charge on any atom is -0.356 e. The van der Waals surface area contributed by atoms with Crippen LogP contribution in [0.15, 0.2) is 29.6 Å². The van der Waals surface area contributed by atoms with Crippen LogP contribution >= 0.6 is 22.9 Å². The first-order valence-corrected chi connectivity index (χ1v) is 9.14. The van der Waals surface area contributed by atoms with Gasteiger partial charge in [0, 0.05) is 29.8 Å². The maximum absolute atomic E-state index is 12.2. The van der Waals surface area contributed by atoms with E-state index in [9.17, 15) is 4.79 Å². The number of aromatic nitrogens is 1. The van der Waals surface area contributed by atoms with Crippen LogP contribution in [0, 0.1) is 12.8 Å². The van der Waals surface area contributed by atoms with Crippen LogP contribution in [0.1, 0.15) is 42.5 Å². The molecule has 0 bridgehead atoms. The van der Waals surface area contributed by atoms with Crippen molar-refractivity contribution in [2.24, 2.45) is 5.92 Å². The molecule has 1 aromatic carbocycles. The molecule has 0 saturated heterocycles. The molecule has 0 saturated carbocycles. The van der Waals surface area contributed by atoms with Gasteiger partial charge in [-0.3, -0.25) is 4.79 Å². The summed E-state index contributed by atoms with van der Waals surface area (Å²) in [7, 11) is 0. The quantitative estimate of drug-likeness (QED) is 0.793. The molecule has 2 rings (SSSR count). The smallest absolute Gasteiger partial charge is 0.220 e. The number of carbonyl (C=O) groups is 1. The fraction of sp³-hybridized carbons (Fsp3) is 0.444. The molecule has 0 radical (unpaired) electrons. The van der Waals surface area contributed by atoms with E-state index in [1.165, 1.54) is 0 Å². The molecule has 1 N–H and O–H groups in total. The van der Waals surface area contributed by atoms with E-state index in [0.717, 1.165) is 27.7 Å². The van der Waals surface area contributed by atoms with Crippen molar-refractivity contribution in [1.82, 2.24) is 10.3 Å². The second-order valence-electron chi connectivity index (χ2n) is 6.06. The number of carbonyl (C=O) groups excluding carboxylic acids is 1. The summed E-state index contributed by atoms with van der Waals surface area (Å²) in [5, 5.41) is 6.84. The van der Waals surface area contributed by atoms with Crippen LogP contribution in [0.3, 0.4) is 0 Å². The highest BCUT2D eigenvalue weighted by Gasteiger charge is 2.19. The van der Waals surface area contributed by atoms with Crippen molar-refractivity contribution in [3.63, 3.8) is 0 Å². The van der Waals surface area contributed by atoms with Crippen molar-refractivity contribution < 1.29 is 4.79 Å². The largest absolute Gasteiger partial charge is 0.356 e. The molecule has 0 spiro atoms. The molecular formula is C18H23ClN2OS. The average Bonchev–Trinajstić information content (AvgIpc) is 2.91. The summed E-state index contributed by atoms with van der Waals surface area (Å²) in [6.07, 6.45) is 1.28. The number of hydrogen-bond donors (Lipinski definition) is 1. The third kappa shape index (κ3) is 5.63. The van der Waals surface area contributed by atoms with Crippen LogP contribution in [-0.4, -0.2) is 17.4 Å². The van der Waals surface area contributed by atoms with E-state index < -0.39 is 0 Å². The lowest BCUT2D eigenvalue weighted by molar-refractivity contribution is -0.121. The molecule has 0 aliphatic heterocycles. The number of halogens is 1. The highest BCUT2D eigenvalue weighted by Crippen LogP contribution is 2.28. The predicted molar refractivity (Wildman–Crippen MR) is 97.2 cm³/mol. The van der Waals surface area contributed by atoms with Crippen molar-refractivity contribution in [3.8, 4) is 0 Å². The Labute approximate surface area is 147 Å². The Bertz CT molecular complexity index is 637. The summed E-state index contributed by atoms with van der Waals surface area (Å²) in [4.78, 5) is 16.6. The van der Waals surface area contributed by atoms with Gasteiger partial charge in [-0.25, -0.2) is 4.98 Å². The van der Waals surface area contributed by atoms with Crippen LogP contribution in [0.25, 0.3) is 0 Å². The van der Waals surface area contributed by atoms with Crippen LogP contribution in [0.4, 0.5) is 0 Å². The van der Waals surface area contributed by atoms with E-state index in [4.69, 9.17) is 11.6 Å². The van der Waals surface area contributed by atoms with Gasteiger partial charge in [0.05, 0.1) is 10.7 Å². The van der Waals surface area contributed by atoms with Crippen LogP contribution in [-0.2, 0) is 11.2 Å². The lowest BCUT2D eigenvalue weighted by atomic mass is 9.85. The molecule has 1 amide bonds. The summed E-state index contributed by atoms with van der Waals surface area (Å²) in [6.45, 7) is 6.91. The molecule has 1 aromatic heterocycles. The highest BCUT2D eigenvalue weighted by molar-refractivity contribution is 7.09. The van der Waals surface area contributed by atoms with Crippen molar-refractivity contribution in [3.05, 3.63) is 50.9 Å². The summed E-state index contributed by atoms with van der Waals surface area (Å²) in [5.41, 5.74) is 2.21. The first-order valence-electron chi connectivity index (χ1n) is 7.89. The topological polar surface area (TPSA) is 42.0 Å². The third-order valence-corrected chi connectivity index (χ3v) is 4.95. The number of rotatable bonds is 7. The monoisotopic (exact) mass is 350 g/mol. The number of nitrogens with one attached hydrogen (secondary N) is 1. The van der Waals surface area contributed by atoms with Crippen molar-refractivity contribution in [2.45, 2.75) is 39.5 Å². The van der Waals surface area contributed by atoms with Gasteiger partial charge in [0.1, 0.15) is 0 Å². The Morgan fingerprint density at radius 1 is 1.30 bits per heavy atom. The molecule has 1 unspecified atom stereocenters. The number of benzene rings is 1. The van der Waals surface area contributed by atoms with Gasteiger partial charge in [0.2, 0.25) is 5.91 Å². The molecule has 1 heterocycles. The number of nitrogens with zero attached hydrogens (tertiary/aromatic N) is 1. The van der Waals surface area contributed by atoms with Crippen LogP contribution in [0.5, 0.6) is 0 Å². The molecule has 2 aromatic rings. The van der Waals surface area contributed by atoms with E-state index in [1.54, 1.807) is 11.3 Å². The molecule has 1 atom stereocenters. The molecule has 124 valence electrons. The van der Waals surface area contributed by atoms with Crippen molar-refractivity contribution in [1.29, 1.82) is 0 Å². The lowest BCUT2D eigenvalue weighted by Gasteiger charge is -2.21. The van der Waals surface area contributed by atoms with Gasteiger partial charge in [-0.1, -0.05) is 37.6 Å². The van der Waals surface area contributed by atoms with Gasteiger partial charge in [-0.2, -0.15) is 0 Å². The summed E-state index contributed by atoms with van der Waals surface area (Å²) < 4.78 is 0. The zero-order valence-corrected chi connectivity index (χ0v) is 15.4. The molecule has 5 heteroatoms. The lowest BCUT2D eigenvalue weighted by Crippen LogP contribution is -2.28. The normalized spacial score (nSPS) is 12.4. The molecule has 0 fully saturated rings. The molecule has 23 heavy (non-hydrogen) atoms. The Balaban J connectivity index is 1.86. The average molecular weight is 351 g/mol. The number of hydrogen-bond acceptors (Lipinski definition) is 3. The fourth-order valence-electron chi connectivity index (χ4n) is 2.57. The minimum absolute atomic E-state index is 0.0885. The van der Waals surface area contributed by atoms with E-state index in [1.807, 2.05) is 36.6 Å². The van der Waals surface area contributed by atoms with Gasteiger partial charge < -0.3 is 5.32 Å². The second-order valence-corrected chi connectivity index (χ2v) is 7.56. The SMILES string of the molecule is Cc1nc(CCNC(=O)CC(c2ccc(Cl)cc2)C(C)C)cs1. The predicted octanol–water partition coefficient (Wildman–Crippen LogP) is 4.59. The summed E-state index contributed by atoms with van der Waals surface area (Å²) in [5.74, 6) is 0.683. The highest BCUT2D eigenvalue weighted by atomic mass is 35.5. The van der Waals surface area contributed by atoms with E-state index in [2.05, 4.69) is 24.1 Å². The zero-order valence-electron chi connectivity index (χ0n) is 13.8. The number of thiazole rings is 1. The number of aryl methyl sites for hydroxylation is 1. The van der Waals surface area contributed by atoms with Gasteiger partial charge in [-0.05, 0) is 36.5 Å². The first kappa shape index (κ1) is 18.0. The van der Waals surface area contributed by atoms with Gasteiger partial charge >= 0.3 is 0 Å². The first-order chi connectivity index (χ1) is 11.0. The van der Waals surface area contributed by atoms with Gasteiger partial charge in [0.25, 0.3) is 0 Å². The van der Waals surface area contributed by atoms with Crippen LogP contribution in [0.2, 0.25) is 5.02 Å².